The zero-order chi connectivity index (χ0) is 13.2. The maximum atomic E-state index is 5.92. The summed E-state index contributed by atoms with van der Waals surface area (Å²) in [6.07, 6.45) is 2.49. The second-order valence-corrected chi connectivity index (χ2v) is 4.94. The van der Waals surface area contributed by atoms with Gasteiger partial charge in [-0.05, 0) is 25.9 Å². The van der Waals surface area contributed by atoms with Gasteiger partial charge in [0, 0.05) is 19.7 Å². The molecule has 1 heterocycles. The second-order valence-electron chi connectivity index (χ2n) is 4.94. The molecule has 0 saturated carbocycles. The summed E-state index contributed by atoms with van der Waals surface area (Å²) >= 11 is 0. The van der Waals surface area contributed by atoms with Crippen LogP contribution in [-0.2, 0) is 9.47 Å². The standard InChI is InChI=1S/C14H30N2O2/c1-4-7-15-13(12-17-9-5-2)14-11-16(6-3)8-10-18-14/h13-15H,4-12H2,1-3H3. The number of nitrogens with zero attached hydrogens (tertiary/aromatic N) is 1. The smallest absolute Gasteiger partial charge is 0.0877 e. The van der Waals surface area contributed by atoms with E-state index >= 15 is 0 Å². The quantitative estimate of drug-likeness (QED) is 0.636. The van der Waals surface area contributed by atoms with Gasteiger partial charge in [-0.25, -0.2) is 0 Å². The maximum absolute atomic E-state index is 5.92. The Bertz CT molecular complexity index is 202. The van der Waals surface area contributed by atoms with Crippen molar-refractivity contribution in [2.24, 2.45) is 0 Å². The average Bonchev–Trinajstić information content (AvgIpc) is 2.42. The zero-order valence-corrected chi connectivity index (χ0v) is 12.3. The van der Waals surface area contributed by atoms with Crippen molar-refractivity contribution in [1.82, 2.24) is 10.2 Å². The number of ether oxygens (including phenoxy) is 2. The summed E-state index contributed by atoms with van der Waals surface area (Å²) in [5.41, 5.74) is 0. The second kappa shape index (κ2) is 9.73. The van der Waals surface area contributed by atoms with Gasteiger partial charge < -0.3 is 14.8 Å². The SMILES string of the molecule is CCCNC(COCCC)C1CN(CC)CCO1. The van der Waals surface area contributed by atoms with E-state index in [9.17, 15) is 0 Å². The molecule has 0 aliphatic carbocycles. The molecule has 2 atom stereocenters. The van der Waals surface area contributed by atoms with Crippen molar-refractivity contribution in [2.45, 2.75) is 45.8 Å². The number of likely N-dealkylation sites (N-methyl/N-ethyl adjacent to an activating group) is 1. The van der Waals surface area contributed by atoms with Crippen molar-refractivity contribution in [3.05, 3.63) is 0 Å². The Morgan fingerprint density at radius 3 is 2.83 bits per heavy atom. The highest BCUT2D eigenvalue weighted by Gasteiger charge is 2.27. The molecule has 1 fully saturated rings. The summed E-state index contributed by atoms with van der Waals surface area (Å²) in [7, 11) is 0. The summed E-state index contributed by atoms with van der Waals surface area (Å²) in [4.78, 5) is 2.45. The molecular formula is C14H30N2O2. The Kier molecular flexibility index (Phi) is 8.59. The molecule has 0 spiro atoms. The van der Waals surface area contributed by atoms with E-state index in [0.29, 0.717) is 6.04 Å². The highest BCUT2D eigenvalue weighted by atomic mass is 16.5. The van der Waals surface area contributed by atoms with Gasteiger partial charge in [-0.3, -0.25) is 4.90 Å². The molecule has 18 heavy (non-hydrogen) atoms. The molecule has 0 bridgehead atoms. The van der Waals surface area contributed by atoms with E-state index in [1.165, 1.54) is 0 Å². The van der Waals surface area contributed by atoms with Gasteiger partial charge in [0.2, 0.25) is 0 Å². The zero-order valence-electron chi connectivity index (χ0n) is 12.3. The molecule has 1 saturated heterocycles. The fourth-order valence-electron chi connectivity index (χ4n) is 2.24. The van der Waals surface area contributed by atoms with Gasteiger partial charge in [0.15, 0.2) is 0 Å². The lowest BCUT2D eigenvalue weighted by Crippen LogP contribution is -2.54. The van der Waals surface area contributed by atoms with Crippen molar-refractivity contribution >= 4 is 0 Å². The Morgan fingerprint density at radius 1 is 1.33 bits per heavy atom. The summed E-state index contributed by atoms with van der Waals surface area (Å²) in [6.45, 7) is 13.2. The van der Waals surface area contributed by atoms with Gasteiger partial charge in [0.25, 0.3) is 0 Å². The third-order valence-corrected chi connectivity index (χ3v) is 3.38. The molecule has 1 N–H and O–H groups in total. The molecule has 2 unspecified atom stereocenters. The van der Waals surface area contributed by atoms with Gasteiger partial charge in [-0.15, -0.1) is 0 Å². The van der Waals surface area contributed by atoms with Crippen LogP contribution >= 0.6 is 0 Å². The fourth-order valence-corrected chi connectivity index (χ4v) is 2.24. The van der Waals surface area contributed by atoms with Gasteiger partial charge in [-0.1, -0.05) is 20.8 Å². The first kappa shape index (κ1) is 15.9. The minimum atomic E-state index is 0.266. The minimum absolute atomic E-state index is 0.266. The lowest BCUT2D eigenvalue weighted by atomic mass is 10.1. The van der Waals surface area contributed by atoms with Crippen molar-refractivity contribution in [1.29, 1.82) is 0 Å². The molecule has 4 nitrogen and oxygen atoms in total. The van der Waals surface area contributed by atoms with Crippen LogP contribution in [0.5, 0.6) is 0 Å². The van der Waals surface area contributed by atoms with Crippen LogP contribution in [0.2, 0.25) is 0 Å². The van der Waals surface area contributed by atoms with E-state index in [1.807, 2.05) is 0 Å². The van der Waals surface area contributed by atoms with Gasteiger partial charge in [0.1, 0.15) is 0 Å². The summed E-state index contributed by atoms with van der Waals surface area (Å²) in [5, 5.41) is 3.57. The number of rotatable bonds is 9. The summed E-state index contributed by atoms with van der Waals surface area (Å²) in [6, 6.07) is 0.325. The predicted octanol–water partition coefficient (Wildman–Crippen LogP) is 1.50. The normalized spacial score (nSPS) is 23.2. The van der Waals surface area contributed by atoms with E-state index in [1.54, 1.807) is 0 Å². The lowest BCUT2D eigenvalue weighted by Gasteiger charge is -2.36. The van der Waals surface area contributed by atoms with Crippen LogP contribution < -0.4 is 5.32 Å². The van der Waals surface area contributed by atoms with Crippen molar-refractivity contribution in [3.8, 4) is 0 Å². The molecule has 108 valence electrons. The van der Waals surface area contributed by atoms with Crippen molar-refractivity contribution < 1.29 is 9.47 Å². The maximum Gasteiger partial charge on any atom is 0.0877 e. The van der Waals surface area contributed by atoms with Crippen LogP contribution in [0.15, 0.2) is 0 Å². The van der Waals surface area contributed by atoms with Gasteiger partial charge in [0.05, 0.1) is 25.4 Å². The largest absolute Gasteiger partial charge is 0.380 e. The Hall–Kier alpha value is -0.160. The van der Waals surface area contributed by atoms with Crippen molar-refractivity contribution in [3.63, 3.8) is 0 Å². The van der Waals surface area contributed by atoms with Gasteiger partial charge >= 0.3 is 0 Å². The predicted molar refractivity (Wildman–Crippen MR) is 75.0 cm³/mol. The van der Waals surface area contributed by atoms with Crippen LogP contribution in [0.4, 0.5) is 0 Å². The first-order chi connectivity index (χ1) is 8.81. The number of hydrogen-bond donors (Lipinski definition) is 1. The number of nitrogens with one attached hydrogen (secondary N) is 1. The van der Waals surface area contributed by atoms with E-state index in [-0.39, 0.29) is 6.10 Å². The molecule has 1 aliphatic rings. The Labute approximate surface area is 112 Å². The fraction of sp³-hybridized carbons (Fsp3) is 1.00. The molecule has 0 aromatic heterocycles. The minimum Gasteiger partial charge on any atom is -0.380 e. The third kappa shape index (κ3) is 5.65. The number of hydrogen-bond acceptors (Lipinski definition) is 4. The van der Waals surface area contributed by atoms with Crippen LogP contribution in [0.1, 0.15) is 33.6 Å². The monoisotopic (exact) mass is 258 g/mol. The van der Waals surface area contributed by atoms with E-state index in [4.69, 9.17) is 9.47 Å². The van der Waals surface area contributed by atoms with E-state index < -0.39 is 0 Å². The molecule has 0 aromatic carbocycles. The molecule has 1 aliphatic heterocycles. The van der Waals surface area contributed by atoms with Crippen LogP contribution in [-0.4, -0.2) is 63.0 Å². The van der Waals surface area contributed by atoms with E-state index in [0.717, 1.165) is 58.8 Å². The first-order valence-corrected chi connectivity index (χ1v) is 7.46. The van der Waals surface area contributed by atoms with E-state index in [2.05, 4.69) is 31.0 Å². The molecule has 0 radical (unpaired) electrons. The first-order valence-electron chi connectivity index (χ1n) is 7.46. The highest BCUT2D eigenvalue weighted by Crippen LogP contribution is 2.09. The molecule has 0 aromatic rings. The molecule has 1 rings (SSSR count). The van der Waals surface area contributed by atoms with Crippen LogP contribution in [0, 0.1) is 0 Å². The molecule has 4 heteroatoms. The highest BCUT2D eigenvalue weighted by molar-refractivity contribution is 4.82. The van der Waals surface area contributed by atoms with Crippen LogP contribution in [0.25, 0.3) is 0 Å². The topological polar surface area (TPSA) is 33.7 Å². The average molecular weight is 258 g/mol. The Balaban J connectivity index is 2.40. The number of morpholine rings is 1. The van der Waals surface area contributed by atoms with Crippen molar-refractivity contribution in [2.75, 3.05) is 46.0 Å². The molecule has 0 amide bonds. The third-order valence-electron chi connectivity index (χ3n) is 3.38. The van der Waals surface area contributed by atoms with Gasteiger partial charge in [-0.2, -0.15) is 0 Å². The van der Waals surface area contributed by atoms with Crippen LogP contribution in [0.3, 0.4) is 0 Å². The summed E-state index contributed by atoms with van der Waals surface area (Å²) in [5.74, 6) is 0. The molecular weight excluding hydrogens is 228 g/mol. The summed E-state index contributed by atoms with van der Waals surface area (Å²) < 4.78 is 11.6. The Morgan fingerprint density at radius 2 is 2.17 bits per heavy atom. The lowest BCUT2D eigenvalue weighted by molar-refractivity contribution is -0.0601.